The molecule has 2 aliphatic heterocycles. The summed E-state index contributed by atoms with van der Waals surface area (Å²) in [6.07, 6.45) is 0. The van der Waals surface area contributed by atoms with E-state index in [-0.39, 0.29) is 11.9 Å². The first-order valence-electron chi connectivity index (χ1n) is 9.44. The molecule has 1 amide bonds. The van der Waals surface area contributed by atoms with Crippen molar-refractivity contribution in [2.24, 2.45) is 0 Å². The van der Waals surface area contributed by atoms with Gasteiger partial charge in [0.15, 0.2) is 5.11 Å². The molecule has 2 aliphatic rings. The number of nitrogens with one attached hydrogen (secondary N) is 2. The van der Waals surface area contributed by atoms with Crippen LogP contribution in [0.15, 0.2) is 65.9 Å². The van der Waals surface area contributed by atoms with Crippen LogP contribution >= 0.6 is 12.2 Å². The zero-order valence-corrected chi connectivity index (χ0v) is 16.6. The van der Waals surface area contributed by atoms with Crippen molar-refractivity contribution in [2.45, 2.75) is 13.0 Å². The molecule has 1 saturated heterocycles. The minimum atomic E-state index is -0.270. The second-order valence-corrected chi connectivity index (χ2v) is 7.37. The Hall–Kier alpha value is -2.70. The van der Waals surface area contributed by atoms with E-state index in [4.69, 9.17) is 17.0 Å². The van der Waals surface area contributed by atoms with Crippen LogP contribution in [0.4, 0.5) is 0 Å². The first-order chi connectivity index (χ1) is 13.6. The average molecular weight is 394 g/mol. The SMILES string of the molecule is CC1=C(C(=O)N2CCOCC2)[C@H](c2ccc(-c3ccccc3)cc2)NC(=S)N1. The number of thiocarbonyl (C=S) groups is 1. The van der Waals surface area contributed by atoms with Crippen molar-refractivity contribution in [3.8, 4) is 11.1 Å². The first-order valence-corrected chi connectivity index (χ1v) is 9.85. The number of allylic oxidation sites excluding steroid dienone is 1. The molecule has 5 nitrogen and oxygen atoms in total. The molecule has 2 aromatic carbocycles. The third kappa shape index (κ3) is 3.79. The Bertz CT molecular complexity index is 903. The molecule has 1 atom stereocenters. The van der Waals surface area contributed by atoms with E-state index in [9.17, 15) is 4.79 Å². The summed E-state index contributed by atoms with van der Waals surface area (Å²) in [4.78, 5) is 15.1. The predicted molar refractivity (Wildman–Crippen MR) is 114 cm³/mol. The maximum atomic E-state index is 13.2. The van der Waals surface area contributed by atoms with Crippen molar-refractivity contribution in [1.82, 2.24) is 15.5 Å². The minimum absolute atomic E-state index is 0.0282. The van der Waals surface area contributed by atoms with Gasteiger partial charge in [-0.2, -0.15) is 0 Å². The maximum Gasteiger partial charge on any atom is 0.254 e. The lowest BCUT2D eigenvalue weighted by Crippen LogP contribution is -2.49. The predicted octanol–water partition coefficient (Wildman–Crippen LogP) is 3.01. The Morgan fingerprint density at radius 1 is 1.04 bits per heavy atom. The van der Waals surface area contributed by atoms with Gasteiger partial charge in [-0.15, -0.1) is 0 Å². The molecule has 4 rings (SSSR count). The fourth-order valence-electron chi connectivity index (χ4n) is 3.66. The number of ether oxygens (including phenoxy) is 1. The molecule has 28 heavy (non-hydrogen) atoms. The summed E-state index contributed by atoms with van der Waals surface area (Å²) in [5, 5.41) is 6.92. The van der Waals surface area contributed by atoms with Gasteiger partial charge in [0, 0.05) is 18.8 Å². The van der Waals surface area contributed by atoms with E-state index < -0.39 is 0 Å². The number of carbonyl (C=O) groups excluding carboxylic acids is 1. The first kappa shape index (κ1) is 18.7. The molecule has 1 fully saturated rings. The van der Waals surface area contributed by atoms with Crippen molar-refractivity contribution in [3.63, 3.8) is 0 Å². The Balaban J connectivity index is 1.65. The quantitative estimate of drug-likeness (QED) is 0.786. The minimum Gasteiger partial charge on any atom is -0.378 e. The summed E-state index contributed by atoms with van der Waals surface area (Å²) in [7, 11) is 0. The summed E-state index contributed by atoms with van der Waals surface area (Å²) in [6, 6.07) is 18.3. The summed E-state index contributed by atoms with van der Waals surface area (Å²) in [5.74, 6) is 0.0282. The highest BCUT2D eigenvalue weighted by Gasteiger charge is 2.33. The van der Waals surface area contributed by atoms with Crippen LogP contribution in [0.5, 0.6) is 0 Å². The number of amides is 1. The van der Waals surface area contributed by atoms with Gasteiger partial charge >= 0.3 is 0 Å². The van der Waals surface area contributed by atoms with E-state index in [1.807, 2.05) is 30.0 Å². The van der Waals surface area contributed by atoms with E-state index in [0.717, 1.165) is 16.8 Å². The molecular weight excluding hydrogens is 370 g/mol. The van der Waals surface area contributed by atoms with E-state index in [1.165, 1.54) is 5.56 Å². The zero-order valence-electron chi connectivity index (χ0n) is 15.8. The second-order valence-electron chi connectivity index (χ2n) is 6.96. The van der Waals surface area contributed by atoms with Crippen molar-refractivity contribution >= 4 is 23.2 Å². The molecule has 0 saturated carbocycles. The standard InChI is InChI=1S/C22H23N3O2S/c1-15-19(21(26)25-11-13-27-14-12-25)20(24-22(28)23-15)18-9-7-17(8-10-18)16-5-3-2-4-6-16/h2-10,20H,11-14H2,1H3,(H2,23,24,28)/t20-/m0/s1. The molecular formula is C22H23N3O2S. The molecule has 0 aromatic heterocycles. The highest BCUT2D eigenvalue weighted by molar-refractivity contribution is 7.80. The van der Waals surface area contributed by atoms with Gasteiger partial charge in [0.05, 0.1) is 24.8 Å². The van der Waals surface area contributed by atoms with Crippen LogP contribution in [0.25, 0.3) is 11.1 Å². The van der Waals surface area contributed by atoms with Crippen LogP contribution in [0, 0.1) is 0 Å². The van der Waals surface area contributed by atoms with Gasteiger partial charge in [-0.1, -0.05) is 54.6 Å². The lowest BCUT2D eigenvalue weighted by atomic mass is 9.93. The molecule has 2 heterocycles. The highest BCUT2D eigenvalue weighted by atomic mass is 32.1. The summed E-state index contributed by atoms with van der Waals surface area (Å²) >= 11 is 5.36. The molecule has 2 aromatic rings. The van der Waals surface area contributed by atoms with Gasteiger partial charge < -0.3 is 20.3 Å². The van der Waals surface area contributed by atoms with Crippen molar-refractivity contribution in [2.75, 3.05) is 26.3 Å². The van der Waals surface area contributed by atoms with Crippen LogP contribution in [0.3, 0.4) is 0 Å². The van der Waals surface area contributed by atoms with Crippen LogP contribution in [-0.2, 0) is 9.53 Å². The third-order valence-electron chi connectivity index (χ3n) is 5.15. The van der Waals surface area contributed by atoms with Gasteiger partial charge in [0.25, 0.3) is 5.91 Å². The topological polar surface area (TPSA) is 53.6 Å². The van der Waals surface area contributed by atoms with Crippen LogP contribution in [-0.4, -0.2) is 42.2 Å². The number of rotatable bonds is 3. The van der Waals surface area contributed by atoms with Gasteiger partial charge in [0.2, 0.25) is 0 Å². The lowest BCUT2D eigenvalue weighted by Gasteiger charge is -2.35. The van der Waals surface area contributed by atoms with Gasteiger partial charge in [-0.25, -0.2) is 0 Å². The number of hydrogen-bond donors (Lipinski definition) is 2. The monoisotopic (exact) mass is 393 g/mol. The zero-order chi connectivity index (χ0) is 19.5. The number of nitrogens with zero attached hydrogens (tertiary/aromatic N) is 1. The van der Waals surface area contributed by atoms with Crippen molar-refractivity contribution in [3.05, 3.63) is 71.4 Å². The maximum absolute atomic E-state index is 13.2. The summed E-state index contributed by atoms with van der Waals surface area (Å²) in [6.45, 7) is 4.28. The normalized spacial score (nSPS) is 19.8. The smallest absolute Gasteiger partial charge is 0.254 e. The Morgan fingerprint density at radius 2 is 1.68 bits per heavy atom. The van der Waals surface area contributed by atoms with Gasteiger partial charge in [-0.05, 0) is 35.8 Å². The molecule has 0 unspecified atom stereocenters. The summed E-state index contributed by atoms with van der Waals surface area (Å²) < 4.78 is 5.39. The van der Waals surface area contributed by atoms with Crippen LogP contribution in [0.2, 0.25) is 0 Å². The Morgan fingerprint density at radius 3 is 2.36 bits per heavy atom. The molecule has 0 aliphatic carbocycles. The molecule has 0 radical (unpaired) electrons. The van der Waals surface area contributed by atoms with Crippen LogP contribution < -0.4 is 10.6 Å². The highest BCUT2D eigenvalue weighted by Crippen LogP contribution is 2.30. The summed E-state index contributed by atoms with van der Waals surface area (Å²) in [5.41, 5.74) is 4.83. The van der Waals surface area contributed by atoms with E-state index in [2.05, 4.69) is 47.0 Å². The van der Waals surface area contributed by atoms with E-state index >= 15 is 0 Å². The largest absolute Gasteiger partial charge is 0.378 e. The molecule has 6 heteroatoms. The van der Waals surface area contributed by atoms with E-state index in [0.29, 0.717) is 37.0 Å². The Labute approximate surface area is 170 Å². The number of benzene rings is 2. The van der Waals surface area contributed by atoms with Crippen LogP contribution in [0.1, 0.15) is 18.5 Å². The third-order valence-corrected chi connectivity index (χ3v) is 5.37. The second kappa shape index (κ2) is 8.12. The van der Waals surface area contributed by atoms with Crippen molar-refractivity contribution < 1.29 is 9.53 Å². The van der Waals surface area contributed by atoms with Gasteiger partial charge in [0.1, 0.15) is 0 Å². The molecule has 0 bridgehead atoms. The average Bonchev–Trinajstić information content (AvgIpc) is 2.74. The number of hydrogen-bond acceptors (Lipinski definition) is 3. The Kier molecular flexibility index (Phi) is 5.41. The molecule has 2 N–H and O–H groups in total. The number of carbonyl (C=O) groups is 1. The van der Waals surface area contributed by atoms with Crippen molar-refractivity contribution in [1.29, 1.82) is 0 Å². The lowest BCUT2D eigenvalue weighted by molar-refractivity contribution is -0.131. The van der Waals surface area contributed by atoms with E-state index in [1.54, 1.807) is 0 Å². The molecule has 144 valence electrons. The fraction of sp³-hybridized carbons (Fsp3) is 0.273. The van der Waals surface area contributed by atoms with Gasteiger partial charge in [-0.3, -0.25) is 4.79 Å². The number of morpholine rings is 1. The fourth-order valence-corrected chi connectivity index (χ4v) is 3.93. The molecule has 0 spiro atoms.